The molecule has 0 spiro atoms. The summed E-state index contributed by atoms with van der Waals surface area (Å²) in [6, 6.07) is 6.22. The average molecular weight is 416 g/mol. The van der Waals surface area contributed by atoms with Crippen LogP contribution in [0.3, 0.4) is 0 Å². The molecule has 0 bridgehead atoms. The Hall–Kier alpha value is -1.45. The zero-order valence-electron chi connectivity index (χ0n) is 12.9. The first kappa shape index (κ1) is 17.4. The van der Waals surface area contributed by atoms with Crippen molar-refractivity contribution in [2.24, 2.45) is 0 Å². The maximum absolute atomic E-state index is 12.7. The van der Waals surface area contributed by atoms with Gasteiger partial charge in [-0.1, -0.05) is 12.1 Å². The Balaban J connectivity index is 1.66. The van der Waals surface area contributed by atoms with Crippen molar-refractivity contribution in [3.8, 4) is 0 Å². The molecule has 1 atom stereocenters. The number of hydrogen-bond acceptors (Lipinski definition) is 4. The molecule has 2 aliphatic rings. The first-order valence-corrected chi connectivity index (χ1v) is 9.96. The average Bonchev–Trinajstić information content (AvgIpc) is 3.01. The van der Waals surface area contributed by atoms with Crippen LogP contribution in [-0.2, 0) is 19.6 Å². The fourth-order valence-electron chi connectivity index (χ4n) is 2.96. The van der Waals surface area contributed by atoms with Gasteiger partial charge in [-0.2, -0.15) is 4.31 Å². The molecule has 2 heterocycles. The van der Waals surface area contributed by atoms with E-state index in [2.05, 4.69) is 21.2 Å². The number of halogens is 1. The van der Waals surface area contributed by atoms with E-state index in [0.29, 0.717) is 30.4 Å². The van der Waals surface area contributed by atoms with E-state index in [1.165, 1.54) is 4.31 Å². The number of nitrogens with zero attached hydrogens (tertiary/aromatic N) is 2. The van der Waals surface area contributed by atoms with Gasteiger partial charge in [0.1, 0.15) is 6.04 Å². The topological polar surface area (TPSA) is 86.8 Å². The third-order valence-electron chi connectivity index (χ3n) is 4.30. The van der Waals surface area contributed by atoms with E-state index < -0.39 is 16.1 Å². The summed E-state index contributed by atoms with van der Waals surface area (Å²) in [6.45, 7) is 1.15. The maximum Gasteiger partial charge on any atom is 0.245 e. The lowest BCUT2D eigenvalue weighted by atomic mass is 10.2. The van der Waals surface area contributed by atoms with E-state index in [9.17, 15) is 18.0 Å². The fraction of sp³-hybridized carbons (Fsp3) is 0.467. The number of sulfonamides is 1. The number of carbonyl (C=O) groups excluding carboxylic acids is 2. The summed E-state index contributed by atoms with van der Waals surface area (Å²) in [5, 5.41) is 2.66. The molecular formula is C15H18BrN3O4S. The quantitative estimate of drug-likeness (QED) is 0.781. The predicted octanol–water partition coefficient (Wildman–Crippen LogP) is 0.561. The molecule has 130 valence electrons. The summed E-state index contributed by atoms with van der Waals surface area (Å²) in [4.78, 5) is 25.5. The van der Waals surface area contributed by atoms with Crippen LogP contribution in [0, 0.1) is 0 Å². The van der Waals surface area contributed by atoms with Gasteiger partial charge in [0.05, 0.1) is 4.90 Å². The highest BCUT2D eigenvalue weighted by Gasteiger charge is 2.35. The van der Waals surface area contributed by atoms with E-state index in [-0.39, 0.29) is 29.8 Å². The van der Waals surface area contributed by atoms with Crippen LogP contribution in [0.15, 0.2) is 33.6 Å². The summed E-state index contributed by atoms with van der Waals surface area (Å²) in [5.41, 5.74) is 0. The Labute approximate surface area is 149 Å². The van der Waals surface area contributed by atoms with Gasteiger partial charge in [0.25, 0.3) is 0 Å². The number of benzene rings is 1. The molecular weight excluding hydrogens is 398 g/mol. The van der Waals surface area contributed by atoms with Gasteiger partial charge in [0.2, 0.25) is 21.8 Å². The summed E-state index contributed by atoms with van der Waals surface area (Å²) < 4.78 is 27.4. The number of nitrogens with one attached hydrogen (secondary N) is 1. The molecule has 3 rings (SSSR count). The normalized spacial score (nSPS) is 22.5. The molecule has 2 fully saturated rings. The van der Waals surface area contributed by atoms with E-state index in [4.69, 9.17) is 0 Å². The second-order valence-corrected chi connectivity index (χ2v) is 8.58. The number of amides is 2. The molecule has 2 aliphatic heterocycles. The van der Waals surface area contributed by atoms with E-state index in [1.807, 2.05) is 0 Å². The largest absolute Gasteiger partial charge is 0.344 e. The molecule has 1 aromatic rings. The van der Waals surface area contributed by atoms with Gasteiger partial charge >= 0.3 is 0 Å². The molecule has 0 unspecified atom stereocenters. The van der Waals surface area contributed by atoms with Gasteiger partial charge in [-0.3, -0.25) is 9.59 Å². The van der Waals surface area contributed by atoms with Crippen LogP contribution in [0.4, 0.5) is 0 Å². The smallest absolute Gasteiger partial charge is 0.245 e. The molecule has 24 heavy (non-hydrogen) atoms. The Bertz CT molecular complexity index is 760. The van der Waals surface area contributed by atoms with Crippen molar-refractivity contribution >= 4 is 37.8 Å². The van der Waals surface area contributed by atoms with Crippen molar-refractivity contribution in [2.45, 2.75) is 23.8 Å². The van der Waals surface area contributed by atoms with Crippen molar-refractivity contribution in [1.82, 2.24) is 14.5 Å². The van der Waals surface area contributed by atoms with Crippen molar-refractivity contribution in [3.05, 3.63) is 28.7 Å². The summed E-state index contributed by atoms with van der Waals surface area (Å²) in [7, 11) is -3.59. The minimum absolute atomic E-state index is 0.108. The van der Waals surface area contributed by atoms with E-state index in [0.717, 1.165) is 0 Å². The molecule has 0 aliphatic carbocycles. The molecule has 1 N–H and O–H groups in total. The third-order valence-corrected chi connectivity index (χ3v) is 7.21. The summed E-state index contributed by atoms with van der Waals surface area (Å²) in [6.07, 6.45) is 0.875. The Morgan fingerprint density at radius 2 is 1.83 bits per heavy atom. The van der Waals surface area contributed by atoms with Crippen molar-refractivity contribution < 1.29 is 18.0 Å². The third kappa shape index (κ3) is 3.33. The Morgan fingerprint density at radius 3 is 2.42 bits per heavy atom. The van der Waals surface area contributed by atoms with Crippen molar-refractivity contribution in [2.75, 3.05) is 26.2 Å². The van der Waals surface area contributed by atoms with Crippen LogP contribution in [0.25, 0.3) is 0 Å². The lowest BCUT2D eigenvalue weighted by Gasteiger charge is -2.35. The fourth-order valence-corrected chi connectivity index (χ4v) is 5.35. The summed E-state index contributed by atoms with van der Waals surface area (Å²) >= 11 is 3.27. The van der Waals surface area contributed by atoms with Gasteiger partial charge < -0.3 is 10.2 Å². The molecule has 7 nitrogen and oxygen atoms in total. The summed E-state index contributed by atoms with van der Waals surface area (Å²) in [5.74, 6) is -0.234. The highest BCUT2D eigenvalue weighted by atomic mass is 79.9. The van der Waals surface area contributed by atoms with Gasteiger partial charge in [0.15, 0.2) is 0 Å². The zero-order chi connectivity index (χ0) is 17.3. The first-order valence-electron chi connectivity index (χ1n) is 7.72. The van der Waals surface area contributed by atoms with E-state index >= 15 is 0 Å². The van der Waals surface area contributed by atoms with Crippen LogP contribution in [0.1, 0.15) is 12.8 Å². The number of hydrogen-bond donors (Lipinski definition) is 1. The Kier molecular flexibility index (Phi) is 4.93. The molecule has 0 aromatic heterocycles. The second-order valence-electron chi connectivity index (χ2n) is 5.82. The lowest BCUT2D eigenvalue weighted by Crippen LogP contribution is -2.54. The molecule has 0 saturated carbocycles. The van der Waals surface area contributed by atoms with Crippen LogP contribution in [0.5, 0.6) is 0 Å². The molecule has 0 radical (unpaired) electrons. The van der Waals surface area contributed by atoms with Crippen LogP contribution in [-0.4, -0.2) is 61.7 Å². The lowest BCUT2D eigenvalue weighted by molar-refractivity contribution is -0.135. The number of piperazine rings is 1. The van der Waals surface area contributed by atoms with E-state index in [1.54, 1.807) is 29.2 Å². The molecule has 1 aromatic carbocycles. The SMILES string of the molecule is O=C1CC[C@@H](C(=O)N2CCN(S(=O)(=O)c3ccccc3Br)CC2)N1. The highest BCUT2D eigenvalue weighted by Crippen LogP contribution is 2.25. The first-order chi connectivity index (χ1) is 11.4. The highest BCUT2D eigenvalue weighted by molar-refractivity contribution is 9.10. The number of carbonyl (C=O) groups is 2. The van der Waals surface area contributed by atoms with Gasteiger partial charge in [-0.15, -0.1) is 0 Å². The molecule has 2 saturated heterocycles. The minimum atomic E-state index is -3.59. The van der Waals surface area contributed by atoms with Crippen molar-refractivity contribution in [1.29, 1.82) is 0 Å². The maximum atomic E-state index is 12.7. The second kappa shape index (κ2) is 6.81. The number of rotatable bonds is 3. The van der Waals surface area contributed by atoms with Gasteiger partial charge in [-0.25, -0.2) is 8.42 Å². The van der Waals surface area contributed by atoms with Crippen LogP contribution in [0.2, 0.25) is 0 Å². The van der Waals surface area contributed by atoms with Crippen LogP contribution >= 0.6 is 15.9 Å². The minimum Gasteiger partial charge on any atom is -0.344 e. The standard InChI is InChI=1S/C15H18BrN3O4S/c16-11-3-1-2-4-13(11)24(22,23)19-9-7-18(8-10-19)15(21)12-5-6-14(20)17-12/h1-4,12H,5-10H2,(H,17,20)/t12-/m0/s1. The monoisotopic (exact) mass is 415 g/mol. The zero-order valence-corrected chi connectivity index (χ0v) is 15.3. The Morgan fingerprint density at radius 1 is 1.17 bits per heavy atom. The predicted molar refractivity (Wildman–Crippen MR) is 90.6 cm³/mol. The van der Waals surface area contributed by atoms with Gasteiger partial charge in [-0.05, 0) is 34.5 Å². The van der Waals surface area contributed by atoms with Crippen LogP contribution < -0.4 is 5.32 Å². The molecule has 9 heteroatoms. The molecule has 2 amide bonds. The van der Waals surface area contributed by atoms with Gasteiger partial charge in [0, 0.05) is 37.1 Å². The van der Waals surface area contributed by atoms with Crippen molar-refractivity contribution in [3.63, 3.8) is 0 Å².